The van der Waals surface area contributed by atoms with E-state index in [2.05, 4.69) is 5.32 Å². The maximum atomic E-state index is 13.8. The molecule has 0 radical (unpaired) electrons. The van der Waals surface area contributed by atoms with E-state index in [9.17, 15) is 8.78 Å². The lowest BCUT2D eigenvalue weighted by Gasteiger charge is -2.21. The van der Waals surface area contributed by atoms with Crippen molar-refractivity contribution in [1.82, 2.24) is 5.32 Å². The number of halogens is 4. The molecule has 1 aromatic rings. The van der Waals surface area contributed by atoms with Crippen LogP contribution in [0.4, 0.5) is 8.78 Å². The highest BCUT2D eigenvalue weighted by Crippen LogP contribution is 2.37. The van der Waals surface area contributed by atoms with Crippen molar-refractivity contribution in [3.05, 3.63) is 33.8 Å². The van der Waals surface area contributed by atoms with Crippen molar-refractivity contribution in [2.45, 2.75) is 25.8 Å². The predicted octanol–water partition coefficient (Wildman–Crippen LogP) is 4.08. The Morgan fingerprint density at radius 1 is 1.25 bits per heavy atom. The number of hydrogen-bond acceptors (Lipinski definition) is 1. The molecular weight excluding hydrogens is 255 g/mol. The summed E-state index contributed by atoms with van der Waals surface area (Å²) >= 11 is 11.5. The van der Waals surface area contributed by atoms with E-state index in [-0.39, 0.29) is 21.7 Å². The van der Waals surface area contributed by atoms with E-state index in [1.54, 1.807) is 19.9 Å². The van der Waals surface area contributed by atoms with Crippen molar-refractivity contribution in [3.8, 4) is 0 Å². The summed E-state index contributed by atoms with van der Waals surface area (Å²) in [6.45, 7) is 3.11. The second-order valence-electron chi connectivity index (χ2n) is 3.84. The first-order valence-corrected chi connectivity index (χ1v) is 5.66. The third kappa shape index (κ3) is 3.30. The molecule has 0 spiro atoms. The molecular formula is C11H13Cl2F2N. The van der Waals surface area contributed by atoms with Gasteiger partial charge >= 0.3 is 0 Å². The minimum absolute atomic E-state index is 0.0111. The Balaban J connectivity index is 2.97. The zero-order valence-electron chi connectivity index (χ0n) is 9.03. The fraction of sp³-hybridized carbons (Fsp3) is 0.455. The molecule has 0 aromatic heterocycles. The van der Waals surface area contributed by atoms with Gasteiger partial charge in [-0.05, 0) is 12.1 Å². The van der Waals surface area contributed by atoms with Gasteiger partial charge in [-0.2, -0.15) is 8.78 Å². The number of benzene rings is 1. The highest BCUT2D eigenvalue weighted by atomic mass is 35.5. The summed E-state index contributed by atoms with van der Waals surface area (Å²) in [4.78, 5) is 0. The first kappa shape index (κ1) is 13.7. The molecule has 0 unspecified atom stereocenters. The summed E-state index contributed by atoms with van der Waals surface area (Å²) in [6, 6.07) is 4.34. The normalized spacial score (nSPS) is 12.2. The van der Waals surface area contributed by atoms with Gasteiger partial charge < -0.3 is 5.32 Å². The van der Waals surface area contributed by atoms with E-state index < -0.39 is 12.5 Å². The number of hydrogen-bond donors (Lipinski definition) is 1. The quantitative estimate of drug-likeness (QED) is 0.867. The van der Waals surface area contributed by atoms with E-state index in [4.69, 9.17) is 23.2 Å². The molecule has 0 atom stereocenters. The molecule has 1 aromatic carbocycles. The van der Waals surface area contributed by atoms with E-state index >= 15 is 0 Å². The average Bonchev–Trinajstić information content (AvgIpc) is 2.14. The largest absolute Gasteiger partial charge is 0.309 e. The average molecular weight is 268 g/mol. The van der Waals surface area contributed by atoms with Crippen LogP contribution in [0, 0.1) is 0 Å². The molecule has 5 heteroatoms. The van der Waals surface area contributed by atoms with Crippen molar-refractivity contribution < 1.29 is 8.78 Å². The monoisotopic (exact) mass is 267 g/mol. The van der Waals surface area contributed by atoms with E-state index in [0.29, 0.717) is 0 Å². The fourth-order valence-electron chi connectivity index (χ4n) is 1.27. The van der Waals surface area contributed by atoms with Gasteiger partial charge in [-0.25, -0.2) is 0 Å². The van der Waals surface area contributed by atoms with Gasteiger partial charge in [0.2, 0.25) is 0 Å². The lowest BCUT2D eigenvalue weighted by molar-refractivity contribution is -0.00461. The highest BCUT2D eigenvalue weighted by Gasteiger charge is 2.35. The summed E-state index contributed by atoms with van der Waals surface area (Å²) in [6.07, 6.45) is 0. The first-order valence-electron chi connectivity index (χ1n) is 4.90. The van der Waals surface area contributed by atoms with Gasteiger partial charge in [0, 0.05) is 6.04 Å². The Hall–Kier alpha value is -0.380. The Kier molecular flexibility index (Phi) is 4.53. The maximum absolute atomic E-state index is 13.8. The van der Waals surface area contributed by atoms with Crippen molar-refractivity contribution in [1.29, 1.82) is 0 Å². The topological polar surface area (TPSA) is 12.0 Å². The third-order valence-electron chi connectivity index (χ3n) is 2.06. The zero-order chi connectivity index (χ0) is 12.3. The second kappa shape index (κ2) is 5.30. The summed E-state index contributed by atoms with van der Waals surface area (Å²) in [7, 11) is 0. The molecule has 1 N–H and O–H groups in total. The lowest BCUT2D eigenvalue weighted by Crippen LogP contribution is -2.35. The molecule has 0 aliphatic rings. The Labute approximate surface area is 104 Å². The van der Waals surface area contributed by atoms with Gasteiger partial charge in [-0.3, -0.25) is 0 Å². The standard InChI is InChI=1S/C11H13Cl2F2N/c1-7(2)16-6-11(14,15)10-8(12)4-3-5-9(10)13/h3-5,7,16H,6H2,1-2H3. The second-order valence-corrected chi connectivity index (χ2v) is 4.65. The molecule has 0 fully saturated rings. The van der Waals surface area contributed by atoms with Crippen LogP contribution in [0.3, 0.4) is 0 Å². The van der Waals surface area contributed by atoms with Gasteiger partial charge in [-0.15, -0.1) is 0 Å². The van der Waals surface area contributed by atoms with Crippen LogP contribution in [-0.2, 0) is 5.92 Å². The highest BCUT2D eigenvalue weighted by molar-refractivity contribution is 6.36. The summed E-state index contributed by atoms with van der Waals surface area (Å²) in [5.74, 6) is -3.07. The van der Waals surface area contributed by atoms with Crippen LogP contribution in [0.15, 0.2) is 18.2 Å². The Morgan fingerprint density at radius 2 is 1.75 bits per heavy atom. The van der Waals surface area contributed by atoms with Gasteiger partial charge in [0.05, 0.1) is 22.2 Å². The molecule has 0 saturated carbocycles. The number of nitrogens with one attached hydrogen (secondary N) is 1. The molecule has 0 saturated heterocycles. The molecule has 1 nitrogen and oxygen atoms in total. The fourth-order valence-corrected chi connectivity index (χ4v) is 1.94. The molecule has 90 valence electrons. The van der Waals surface area contributed by atoms with Crippen LogP contribution >= 0.6 is 23.2 Å². The molecule has 0 aliphatic carbocycles. The summed E-state index contributed by atoms with van der Waals surface area (Å²) in [5.41, 5.74) is -0.313. The lowest BCUT2D eigenvalue weighted by atomic mass is 10.1. The van der Waals surface area contributed by atoms with Gasteiger partial charge in [0.1, 0.15) is 0 Å². The van der Waals surface area contributed by atoms with Gasteiger partial charge in [0.15, 0.2) is 0 Å². The van der Waals surface area contributed by atoms with Crippen molar-refractivity contribution >= 4 is 23.2 Å². The molecule has 0 heterocycles. The van der Waals surface area contributed by atoms with Crippen LogP contribution < -0.4 is 5.32 Å². The molecule has 1 rings (SSSR count). The van der Waals surface area contributed by atoms with Crippen molar-refractivity contribution in [3.63, 3.8) is 0 Å². The van der Waals surface area contributed by atoms with Crippen LogP contribution in [-0.4, -0.2) is 12.6 Å². The minimum atomic E-state index is -3.07. The minimum Gasteiger partial charge on any atom is -0.309 e. The van der Waals surface area contributed by atoms with E-state index in [0.717, 1.165) is 0 Å². The predicted molar refractivity (Wildman–Crippen MR) is 63.5 cm³/mol. The van der Waals surface area contributed by atoms with Crippen LogP contribution in [0.1, 0.15) is 19.4 Å². The van der Waals surface area contributed by atoms with Gasteiger partial charge in [-0.1, -0.05) is 43.1 Å². The SMILES string of the molecule is CC(C)NCC(F)(F)c1c(Cl)cccc1Cl. The number of alkyl halides is 2. The Bertz CT molecular complexity index is 347. The summed E-state index contributed by atoms with van der Waals surface area (Å²) < 4.78 is 27.6. The summed E-state index contributed by atoms with van der Waals surface area (Å²) in [5, 5.41) is 2.65. The van der Waals surface area contributed by atoms with Crippen LogP contribution in [0.2, 0.25) is 10.0 Å². The van der Waals surface area contributed by atoms with Crippen LogP contribution in [0.25, 0.3) is 0 Å². The van der Waals surface area contributed by atoms with Crippen molar-refractivity contribution in [2.24, 2.45) is 0 Å². The molecule has 0 aliphatic heterocycles. The smallest absolute Gasteiger partial charge is 0.288 e. The third-order valence-corrected chi connectivity index (χ3v) is 2.69. The molecule has 0 bridgehead atoms. The maximum Gasteiger partial charge on any atom is 0.288 e. The van der Waals surface area contributed by atoms with Crippen molar-refractivity contribution in [2.75, 3.05) is 6.54 Å². The van der Waals surface area contributed by atoms with Gasteiger partial charge in [0.25, 0.3) is 5.92 Å². The van der Waals surface area contributed by atoms with E-state index in [1.165, 1.54) is 12.1 Å². The first-order chi connectivity index (χ1) is 7.34. The van der Waals surface area contributed by atoms with Crippen LogP contribution in [0.5, 0.6) is 0 Å². The van der Waals surface area contributed by atoms with E-state index in [1.807, 2.05) is 0 Å². The molecule has 16 heavy (non-hydrogen) atoms. The number of rotatable bonds is 4. The Morgan fingerprint density at radius 3 is 2.19 bits per heavy atom. The molecule has 0 amide bonds. The zero-order valence-corrected chi connectivity index (χ0v) is 10.5.